The molecule has 0 bridgehead atoms. The van der Waals surface area contributed by atoms with E-state index in [2.05, 4.69) is 0 Å². The van der Waals surface area contributed by atoms with E-state index >= 15 is 0 Å². The molecule has 4 nitrogen and oxygen atoms in total. The Morgan fingerprint density at radius 2 is 1.39 bits per heavy atom. The topological polar surface area (TPSA) is 52.0 Å². The van der Waals surface area contributed by atoms with Crippen LogP contribution in [0.5, 0.6) is 0 Å². The largest absolute Gasteiger partial charge is 0.314 e. The first-order chi connectivity index (χ1) is 17.6. The van der Waals surface area contributed by atoms with Crippen LogP contribution in [0.25, 0.3) is 22.0 Å². The minimum Gasteiger partial charge on any atom is -0.314 e. The third-order valence-corrected chi connectivity index (χ3v) is 10.4. The van der Waals surface area contributed by atoms with Crippen molar-refractivity contribution in [3.63, 3.8) is 0 Å². The van der Waals surface area contributed by atoms with Crippen LogP contribution in [0.4, 0.5) is 0 Å². The average molecular weight is 491 g/mol. The number of hydrogen-bond donors (Lipinski definition) is 0. The number of hydrogen-bond acceptors (Lipinski definition) is 3. The smallest absolute Gasteiger partial charge is 0.261 e. The zero-order chi connectivity index (χ0) is 24.5. The molecule has 0 N–H and O–H groups in total. The Bertz CT molecular complexity index is 1590. The van der Waals surface area contributed by atoms with Crippen molar-refractivity contribution in [2.75, 3.05) is 6.16 Å². The lowest BCUT2D eigenvalue weighted by Crippen LogP contribution is -2.33. The van der Waals surface area contributed by atoms with Gasteiger partial charge in [0, 0.05) is 29.2 Å². The van der Waals surface area contributed by atoms with E-state index in [9.17, 15) is 9.36 Å². The van der Waals surface area contributed by atoms with E-state index in [0.717, 1.165) is 40.4 Å². The number of fused-ring (bicyclic) bond motifs is 2. The predicted octanol–water partition coefficient (Wildman–Crippen LogP) is 5.96. The first kappa shape index (κ1) is 22.7. The lowest BCUT2D eigenvalue weighted by molar-refractivity contribution is 0.446. The van der Waals surface area contributed by atoms with Crippen LogP contribution in [-0.2, 0) is 11.1 Å². The molecule has 1 aliphatic rings. The van der Waals surface area contributed by atoms with Crippen molar-refractivity contribution in [1.82, 2.24) is 9.55 Å². The van der Waals surface area contributed by atoms with E-state index in [1.54, 1.807) is 0 Å². The summed E-state index contributed by atoms with van der Waals surface area (Å²) < 4.78 is 16.6. The molecule has 0 spiro atoms. The minimum atomic E-state index is -2.93. The van der Waals surface area contributed by atoms with Gasteiger partial charge in [-0.2, -0.15) is 0 Å². The zero-order valence-corrected chi connectivity index (χ0v) is 20.9. The van der Waals surface area contributed by atoms with Crippen molar-refractivity contribution < 1.29 is 4.57 Å². The van der Waals surface area contributed by atoms with Crippen molar-refractivity contribution in [3.8, 4) is 11.1 Å². The predicted molar refractivity (Wildman–Crippen MR) is 148 cm³/mol. The molecule has 0 radical (unpaired) electrons. The van der Waals surface area contributed by atoms with Gasteiger partial charge in [0.1, 0.15) is 13.0 Å². The Morgan fingerprint density at radius 3 is 2.03 bits per heavy atom. The van der Waals surface area contributed by atoms with Crippen LogP contribution < -0.4 is 16.2 Å². The molecule has 5 heteroatoms. The van der Waals surface area contributed by atoms with Crippen LogP contribution in [0.3, 0.4) is 0 Å². The van der Waals surface area contributed by atoms with Crippen LogP contribution in [0.1, 0.15) is 24.6 Å². The molecular formula is C31H27N2O2P. The van der Waals surface area contributed by atoms with Crippen molar-refractivity contribution in [2.24, 2.45) is 0 Å². The van der Waals surface area contributed by atoms with E-state index in [-0.39, 0.29) is 11.5 Å². The molecular weight excluding hydrogens is 463 g/mol. The molecule has 1 atom stereocenters. The van der Waals surface area contributed by atoms with Gasteiger partial charge in [-0.1, -0.05) is 97.1 Å². The van der Waals surface area contributed by atoms with Crippen LogP contribution in [0.15, 0.2) is 114 Å². The van der Waals surface area contributed by atoms with Gasteiger partial charge in [0.05, 0.1) is 10.9 Å². The van der Waals surface area contributed by atoms with Gasteiger partial charge < -0.3 is 4.57 Å². The maximum Gasteiger partial charge on any atom is 0.261 e. The summed E-state index contributed by atoms with van der Waals surface area (Å²) in [5.41, 5.74) is 2.78. The summed E-state index contributed by atoms with van der Waals surface area (Å²) in [6.07, 6.45) is 2.19. The highest BCUT2D eigenvalue weighted by atomic mass is 31.2. The second-order valence-corrected chi connectivity index (χ2v) is 12.3. The van der Waals surface area contributed by atoms with Gasteiger partial charge in [-0.15, -0.1) is 0 Å². The van der Waals surface area contributed by atoms with Crippen LogP contribution in [0, 0.1) is 0 Å². The van der Waals surface area contributed by atoms with Crippen LogP contribution in [0.2, 0.25) is 0 Å². The molecule has 2 heterocycles. The highest BCUT2D eigenvalue weighted by molar-refractivity contribution is 7.78. The Labute approximate surface area is 210 Å². The van der Waals surface area contributed by atoms with Gasteiger partial charge in [0.2, 0.25) is 0 Å². The number of rotatable bonds is 5. The molecule has 4 aromatic carbocycles. The fourth-order valence-electron chi connectivity index (χ4n) is 5.38. The van der Waals surface area contributed by atoms with Crippen molar-refractivity contribution in [3.05, 3.63) is 125 Å². The fraction of sp³-hybridized carbons (Fsp3) is 0.161. The molecule has 1 aliphatic heterocycles. The van der Waals surface area contributed by atoms with Crippen molar-refractivity contribution >= 4 is 28.7 Å². The second kappa shape index (κ2) is 9.37. The summed E-state index contributed by atoms with van der Waals surface area (Å²) in [6.45, 7) is 0.643. The van der Waals surface area contributed by atoms with Gasteiger partial charge in [0.15, 0.2) is 0 Å². The molecule has 0 saturated carbocycles. The Balaban J connectivity index is 1.45. The van der Waals surface area contributed by atoms with E-state index in [0.29, 0.717) is 23.6 Å². The Morgan fingerprint density at radius 1 is 0.778 bits per heavy atom. The Hall–Kier alpha value is -3.75. The van der Waals surface area contributed by atoms with Gasteiger partial charge in [-0.05, 0) is 36.1 Å². The van der Waals surface area contributed by atoms with E-state index in [4.69, 9.17) is 4.98 Å². The summed E-state index contributed by atoms with van der Waals surface area (Å²) in [7, 11) is -2.93. The van der Waals surface area contributed by atoms with Gasteiger partial charge in [-0.25, -0.2) is 4.98 Å². The molecule has 5 aromatic rings. The number of nitrogens with zero attached hydrogens (tertiary/aromatic N) is 2. The van der Waals surface area contributed by atoms with Crippen LogP contribution in [-0.4, -0.2) is 15.7 Å². The molecule has 0 aliphatic carbocycles. The number of aromatic nitrogens is 2. The third-order valence-electron chi connectivity index (χ3n) is 7.21. The fourth-order valence-corrected chi connectivity index (χ4v) is 8.38. The van der Waals surface area contributed by atoms with Gasteiger partial charge in [0.25, 0.3) is 5.56 Å². The maximum absolute atomic E-state index is 14.7. The molecule has 6 rings (SSSR count). The molecule has 1 aromatic heterocycles. The highest BCUT2D eigenvalue weighted by Crippen LogP contribution is 2.48. The minimum absolute atomic E-state index is 0.00765. The van der Waals surface area contributed by atoms with Crippen molar-refractivity contribution in [2.45, 2.75) is 25.3 Å². The second-order valence-electron chi connectivity index (χ2n) is 9.46. The van der Waals surface area contributed by atoms with E-state index in [1.165, 1.54) is 0 Å². The highest BCUT2D eigenvalue weighted by Gasteiger charge is 2.34. The molecule has 36 heavy (non-hydrogen) atoms. The van der Waals surface area contributed by atoms with E-state index in [1.807, 2.05) is 114 Å². The SMILES string of the molecule is O=c1c2cc(-c3ccccc3)ccc2nc2n1CCCC2CP(=O)(c1ccccc1)c1ccccc1. The Kier molecular flexibility index (Phi) is 5.91. The summed E-state index contributed by atoms with van der Waals surface area (Å²) in [5, 5.41) is 2.34. The normalized spacial score (nSPS) is 15.5. The monoisotopic (exact) mass is 490 g/mol. The lowest BCUT2D eigenvalue weighted by Gasteiger charge is -2.30. The third kappa shape index (κ3) is 4.02. The molecule has 1 unspecified atom stereocenters. The van der Waals surface area contributed by atoms with Crippen molar-refractivity contribution in [1.29, 1.82) is 0 Å². The quantitative estimate of drug-likeness (QED) is 0.286. The zero-order valence-electron chi connectivity index (χ0n) is 20.0. The maximum atomic E-state index is 14.7. The first-order valence-corrected chi connectivity index (χ1v) is 14.3. The summed E-state index contributed by atoms with van der Waals surface area (Å²) in [6, 6.07) is 35.5. The van der Waals surface area contributed by atoms with Gasteiger partial charge >= 0.3 is 0 Å². The molecule has 0 fully saturated rings. The molecule has 178 valence electrons. The summed E-state index contributed by atoms with van der Waals surface area (Å²) in [4.78, 5) is 18.7. The standard InChI is InChI=1S/C31H27N2O2P/c34-31-28-21-24(23-11-4-1-5-12-23)18-19-29(28)32-30-25(13-10-20-33(30)31)22-36(35,26-14-6-2-7-15-26)27-16-8-3-9-17-27/h1-9,11-12,14-19,21,25H,10,13,20,22H2. The van der Waals surface area contributed by atoms with Crippen LogP contribution >= 0.6 is 7.14 Å². The average Bonchev–Trinajstić information content (AvgIpc) is 2.95. The van der Waals surface area contributed by atoms with Gasteiger partial charge in [-0.3, -0.25) is 9.36 Å². The summed E-state index contributed by atoms with van der Waals surface area (Å²) in [5.74, 6) is 0.703. The lowest BCUT2D eigenvalue weighted by atomic mass is 9.99. The molecule has 0 saturated heterocycles. The van der Waals surface area contributed by atoms with E-state index < -0.39 is 7.14 Å². The number of benzene rings is 4. The first-order valence-electron chi connectivity index (χ1n) is 12.4. The summed E-state index contributed by atoms with van der Waals surface area (Å²) >= 11 is 0. The molecule has 0 amide bonds.